The summed E-state index contributed by atoms with van der Waals surface area (Å²) in [7, 11) is 0. The lowest BCUT2D eigenvalue weighted by Crippen LogP contribution is -2.35. The van der Waals surface area contributed by atoms with Crippen LogP contribution in [0.15, 0.2) is 63.3 Å². The molecule has 8 heteroatoms. The summed E-state index contributed by atoms with van der Waals surface area (Å²) in [6.45, 7) is 5.99. The van der Waals surface area contributed by atoms with Crippen molar-refractivity contribution < 1.29 is 14.8 Å². The van der Waals surface area contributed by atoms with Gasteiger partial charge in [-0.2, -0.15) is 4.57 Å². The molecule has 0 aliphatic carbocycles. The summed E-state index contributed by atoms with van der Waals surface area (Å²) in [6.07, 6.45) is 5.47. The third-order valence-corrected chi connectivity index (χ3v) is 8.48. The van der Waals surface area contributed by atoms with E-state index in [0.717, 1.165) is 39.2 Å². The SMILES string of the molecule is CCN1C(=CC=Cc2sc3ccccc3[n+]2CC)N(CC(O)CO)c2cc(Br)c(Br)cc21. The van der Waals surface area contributed by atoms with Gasteiger partial charge in [0.25, 0.3) is 5.01 Å². The summed E-state index contributed by atoms with van der Waals surface area (Å²) >= 11 is 8.99. The lowest BCUT2D eigenvalue weighted by molar-refractivity contribution is -0.665. The Hall–Kier alpha value is -1.71. The van der Waals surface area contributed by atoms with E-state index in [1.807, 2.05) is 6.07 Å². The number of hydrogen-bond acceptors (Lipinski definition) is 5. The van der Waals surface area contributed by atoms with E-state index >= 15 is 0 Å². The van der Waals surface area contributed by atoms with Crippen molar-refractivity contribution in [3.63, 3.8) is 0 Å². The number of β-amino-alcohol motifs (C(OH)–C–C–N with tert-alkyl or cyclic N) is 1. The van der Waals surface area contributed by atoms with E-state index < -0.39 is 6.10 Å². The highest BCUT2D eigenvalue weighted by molar-refractivity contribution is 9.13. The van der Waals surface area contributed by atoms with Crippen LogP contribution in [-0.4, -0.2) is 36.0 Å². The van der Waals surface area contributed by atoms with Crippen molar-refractivity contribution >= 4 is 70.9 Å². The van der Waals surface area contributed by atoms with Gasteiger partial charge in [0, 0.05) is 27.6 Å². The number of aliphatic hydroxyl groups excluding tert-OH is 2. The average Bonchev–Trinajstić information content (AvgIpc) is 3.28. The molecule has 0 bridgehead atoms. The summed E-state index contributed by atoms with van der Waals surface area (Å²) in [6, 6.07) is 12.6. The minimum atomic E-state index is -0.834. The highest BCUT2D eigenvalue weighted by atomic mass is 79.9. The molecule has 4 rings (SSSR count). The van der Waals surface area contributed by atoms with Gasteiger partial charge in [0.05, 0.1) is 30.6 Å². The quantitative estimate of drug-likeness (QED) is 0.374. The zero-order chi connectivity index (χ0) is 22.8. The average molecular weight is 580 g/mol. The Bertz CT molecular complexity index is 1190. The normalized spacial score (nSPS) is 16.0. The van der Waals surface area contributed by atoms with Gasteiger partial charge in [-0.15, -0.1) is 0 Å². The first-order valence-corrected chi connectivity index (χ1v) is 13.0. The lowest BCUT2D eigenvalue weighted by Gasteiger charge is -2.25. The van der Waals surface area contributed by atoms with Crippen LogP contribution >= 0.6 is 43.2 Å². The molecule has 0 saturated carbocycles. The summed E-state index contributed by atoms with van der Waals surface area (Å²) < 4.78 is 5.51. The van der Waals surface area contributed by atoms with Crippen LogP contribution in [0, 0.1) is 0 Å². The molecular weight excluding hydrogens is 554 g/mol. The molecule has 32 heavy (non-hydrogen) atoms. The van der Waals surface area contributed by atoms with Gasteiger partial charge in [0.15, 0.2) is 0 Å². The van der Waals surface area contributed by atoms with Crippen molar-refractivity contribution in [1.29, 1.82) is 0 Å². The Morgan fingerprint density at radius 1 is 1.09 bits per heavy atom. The summed E-state index contributed by atoms with van der Waals surface area (Å²) in [5.74, 6) is 0.973. The molecule has 2 heterocycles. The molecule has 1 aromatic heterocycles. The van der Waals surface area contributed by atoms with Gasteiger partial charge < -0.3 is 20.0 Å². The van der Waals surface area contributed by atoms with Crippen molar-refractivity contribution in [3.8, 4) is 0 Å². The van der Waals surface area contributed by atoms with E-state index in [9.17, 15) is 10.2 Å². The molecule has 1 unspecified atom stereocenters. The Balaban J connectivity index is 1.74. The predicted molar refractivity (Wildman–Crippen MR) is 140 cm³/mol. The van der Waals surface area contributed by atoms with Gasteiger partial charge in [-0.1, -0.05) is 29.5 Å². The fraction of sp³-hybridized carbons (Fsp3) is 0.292. The number of aromatic nitrogens is 1. The number of anilines is 2. The van der Waals surface area contributed by atoms with Crippen LogP contribution in [0.2, 0.25) is 0 Å². The number of hydrogen-bond donors (Lipinski definition) is 2. The largest absolute Gasteiger partial charge is 0.394 e. The number of nitrogens with zero attached hydrogens (tertiary/aromatic N) is 3. The van der Waals surface area contributed by atoms with Crippen LogP contribution in [-0.2, 0) is 6.54 Å². The van der Waals surface area contributed by atoms with Crippen molar-refractivity contribution in [2.24, 2.45) is 0 Å². The first-order valence-electron chi connectivity index (χ1n) is 10.6. The van der Waals surface area contributed by atoms with Crippen LogP contribution in [0.1, 0.15) is 18.9 Å². The topological polar surface area (TPSA) is 50.8 Å². The molecular formula is C24H26Br2N3O2S+. The van der Waals surface area contributed by atoms with Crippen molar-refractivity contribution in [2.75, 3.05) is 29.5 Å². The fourth-order valence-corrected chi connectivity index (χ4v) is 5.84. The van der Waals surface area contributed by atoms with Crippen molar-refractivity contribution in [2.45, 2.75) is 26.5 Å². The molecule has 2 N–H and O–H groups in total. The molecule has 2 aromatic carbocycles. The standard InChI is InChI=1S/C24H26Br2N3O2S/c1-3-27-20-12-17(25)18(26)13-21(20)29(14-16(31)15-30)23(27)10-7-11-24-28(4-2)19-8-5-6-9-22(19)32-24/h5-13,16,30-31H,3-4,14-15H2,1-2H3/q+1. The third-order valence-electron chi connectivity index (χ3n) is 5.51. The van der Waals surface area contributed by atoms with Gasteiger partial charge in [-0.05, 0) is 70.0 Å². The molecule has 1 atom stereocenters. The second-order valence-electron chi connectivity index (χ2n) is 7.48. The maximum Gasteiger partial charge on any atom is 0.262 e. The number of halogens is 2. The Labute approximate surface area is 209 Å². The molecule has 0 radical (unpaired) electrons. The molecule has 1 aliphatic heterocycles. The number of para-hydroxylation sites is 1. The Morgan fingerprint density at radius 3 is 2.44 bits per heavy atom. The second kappa shape index (κ2) is 10.1. The van der Waals surface area contributed by atoms with Gasteiger partial charge >= 0.3 is 0 Å². The van der Waals surface area contributed by atoms with E-state index in [0.29, 0.717) is 6.54 Å². The molecule has 1 aliphatic rings. The van der Waals surface area contributed by atoms with E-state index in [4.69, 9.17) is 0 Å². The summed E-state index contributed by atoms with van der Waals surface area (Å²) in [4.78, 5) is 4.29. The molecule has 168 valence electrons. The zero-order valence-corrected chi connectivity index (χ0v) is 22.0. The van der Waals surface area contributed by atoms with E-state index in [1.54, 1.807) is 11.3 Å². The number of thiazole rings is 1. The Kier molecular flexibility index (Phi) is 7.37. The van der Waals surface area contributed by atoms with Crippen LogP contribution in [0.5, 0.6) is 0 Å². The van der Waals surface area contributed by atoms with E-state index in [-0.39, 0.29) is 6.61 Å². The molecule has 5 nitrogen and oxygen atoms in total. The number of benzene rings is 2. The lowest BCUT2D eigenvalue weighted by atomic mass is 10.2. The van der Waals surface area contributed by atoms with Crippen LogP contribution in [0.3, 0.4) is 0 Å². The molecule has 3 aromatic rings. The van der Waals surface area contributed by atoms with Crippen LogP contribution in [0.25, 0.3) is 16.3 Å². The Morgan fingerprint density at radius 2 is 1.78 bits per heavy atom. The third kappa shape index (κ3) is 4.39. The second-order valence-corrected chi connectivity index (χ2v) is 10.3. The molecule has 0 fully saturated rings. The number of rotatable bonds is 7. The highest BCUT2D eigenvalue weighted by Gasteiger charge is 2.32. The monoisotopic (exact) mass is 578 g/mol. The maximum absolute atomic E-state index is 10.2. The van der Waals surface area contributed by atoms with Crippen LogP contribution in [0.4, 0.5) is 11.4 Å². The minimum absolute atomic E-state index is 0.281. The number of fused-ring (bicyclic) bond motifs is 2. The smallest absolute Gasteiger partial charge is 0.262 e. The number of allylic oxidation sites excluding steroid dienone is 2. The minimum Gasteiger partial charge on any atom is -0.394 e. The number of aliphatic hydroxyl groups is 2. The molecule has 0 spiro atoms. The van der Waals surface area contributed by atoms with Gasteiger partial charge in [-0.25, -0.2) is 0 Å². The molecule has 0 amide bonds. The van der Waals surface area contributed by atoms with Gasteiger partial charge in [-0.3, -0.25) is 0 Å². The van der Waals surface area contributed by atoms with Crippen molar-refractivity contribution in [3.05, 3.63) is 68.3 Å². The molecule has 0 saturated heterocycles. The maximum atomic E-state index is 10.2. The first-order chi connectivity index (χ1) is 15.5. The summed E-state index contributed by atoms with van der Waals surface area (Å²) in [5, 5.41) is 20.9. The van der Waals surface area contributed by atoms with Crippen molar-refractivity contribution in [1.82, 2.24) is 0 Å². The zero-order valence-electron chi connectivity index (χ0n) is 18.0. The number of aryl methyl sites for hydroxylation is 1. The summed E-state index contributed by atoms with van der Waals surface area (Å²) in [5.41, 5.74) is 3.32. The predicted octanol–water partition coefficient (Wildman–Crippen LogP) is 5.29. The van der Waals surface area contributed by atoms with Gasteiger partial charge in [0.2, 0.25) is 5.52 Å². The first kappa shape index (κ1) is 23.4. The van der Waals surface area contributed by atoms with E-state index in [2.05, 4.69) is 109 Å². The van der Waals surface area contributed by atoms with Gasteiger partial charge in [0.1, 0.15) is 17.1 Å². The van der Waals surface area contributed by atoms with E-state index in [1.165, 1.54) is 15.2 Å². The highest BCUT2D eigenvalue weighted by Crippen LogP contribution is 2.45. The van der Waals surface area contributed by atoms with Crippen LogP contribution < -0.4 is 14.4 Å². The fourth-order valence-electron chi connectivity index (χ4n) is 4.04.